The molecule has 0 saturated carbocycles. The molecule has 2 heteroatoms. The van der Waals surface area contributed by atoms with Gasteiger partial charge in [-0.25, -0.2) is 0 Å². The second kappa shape index (κ2) is 4.18. The Balaban J connectivity index is 2.92. The first-order valence-corrected chi connectivity index (χ1v) is 2.15. The van der Waals surface area contributed by atoms with Crippen LogP contribution in [0, 0.1) is 0 Å². The lowest BCUT2D eigenvalue weighted by molar-refractivity contribution is 2.49. The molecule has 0 amide bonds. The van der Waals surface area contributed by atoms with Gasteiger partial charge < -0.3 is 0 Å². The van der Waals surface area contributed by atoms with Crippen LogP contribution in [0.2, 0.25) is 0 Å². The summed E-state index contributed by atoms with van der Waals surface area (Å²) >= 11 is 8.11. The van der Waals surface area contributed by atoms with Crippen molar-refractivity contribution in [3.05, 3.63) is 11.5 Å². The summed E-state index contributed by atoms with van der Waals surface area (Å²) < 4.78 is 0. The standard InChI is InChI=1S/C3H4S2/c4-2-1-3-5/h1-4H/b2-1+. The SMILES string of the molecule is S=C/C=C/S. The second-order valence-electron chi connectivity index (χ2n) is 0.478. The van der Waals surface area contributed by atoms with Crippen molar-refractivity contribution in [3.63, 3.8) is 0 Å². The lowest BCUT2D eigenvalue weighted by atomic mass is 10.8. The third-order valence-corrected chi connectivity index (χ3v) is 0.494. The fourth-order valence-corrected chi connectivity index (χ4v) is 0.316. The lowest BCUT2D eigenvalue weighted by Gasteiger charge is -1.53. The molecule has 0 atom stereocenters. The maximum atomic E-state index is 4.39. The summed E-state index contributed by atoms with van der Waals surface area (Å²) in [6, 6.07) is 0. The third kappa shape index (κ3) is 4.18. The highest BCUT2D eigenvalue weighted by atomic mass is 32.1. The molecule has 0 fully saturated rings. The van der Waals surface area contributed by atoms with E-state index in [4.69, 9.17) is 0 Å². The normalized spacial score (nSPS) is 9.00. The van der Waals surface area contributed by atoms with Gasteiger partial charge in [-0.3, -0.25) is 0 Å². The Kier molecular flexibility index (Phi) is 4.33. The van der Waals surface area contributed by atoms with Crippen molar-refractivity contribution in [2.24, 2.45) is 0 Å². The van der Waals surface area contributed by atoms with Crippen molar-refractivity contribution in [1.82, 2.24) is 0 Å². The molecule has 5 heavy (non-hydrogen) atoms. The van der Waals surface area contributed by atoms with Gasteiger partial charge in [-0.05, 0) is 11.5 Å². The largest absolute Gasteiger partial charge is 0.151 e. The van der Waals surface area contributed by atoms with Gasteiger partial charge in [-0.15, -0.1) is 0 Å². The van der Waals surface area contributed by atoms with Gasteiger partial charge in [0.1, 0.15) is 0 Å². The lowest BCUT2D eigenvalue weighted by Crippen LogP contribution is -1.42. The minimum atomic E-state index is 1.51. The van der Waals surface area contributed by atoms with Crippen LogP contribution < -0.4 is 0 Å². The van der Waals surface area contributed by atoms with E-state index >= 15 is 0 Å². The number of hydrogen-bond acceptors (Lipinski definition) is 2. The highest BCUT2D eigenvalue weighted by molar-refractivity contribution is 7.83. The fraction of sp³-hybridized carbons (Fsp3) is 0. The number of hydrogen-bond donors (Lipinski definition) is 1. The van der Waals surface area contributed by atoms with Crippen LogP contribution in [0.25, 0.3) is 0 Å². The number of allylic oxidation sites excluding steroid dienone is 1. The summed E-state index contributed by atoms with van der Waals surface area (Å²) in [5, 5.41) is 3.10. The minimum absolute atomic E-state index is 1.51. The van der Waals surface area contributed by atoms with Crippen LogP contribution >= 0.6 is 24.8 Å². The molecule has 0 aromatic carbocycles. The first kappa shape index (κ1) is 5.18. The van der Waals surface area contributed by atoms with Crippen LogP contribution in [0.4, 0.5) is 0 Å². The van der Waals surface area contributed by atoms with E-state index in [1.807, 2.05) is 0 Å². The Morgan fingerprint density at radius 1 is 1.60 bits per heavy atom. The molecular weight excluding hydrogens is 100 g/mol. The maximum Gasteiger partial charge on any atom is 0.00185 e. The molecular formula is C3H4S2. The first-order valence-electron chi connectivity index (χ1n) is 1.16. The molecule has 28 valence electrons. The molecule has 0 aromatic rings. The third-order valence-electron chi connectivity index (χ3n) is 0.165. The van der Waals surface area contributed by atoms with E-state index in [1.54, 1.807) is 11.5 Å². The molecule has 0 radical (unpaired) electrons. The summed E-state index contributed by atoms with van der Waals surface area (Å²) in [7, 11) is 0. The van der Waals surface area contributed by atoms with Crippen molar-refractivity contribution in [2.45, 2.75) is 0 Å². The van der Waals surface area contributed by atoms with Crippen molar-refractivity contribution >= 4 is 30.2 Å². The highest BCUT2D eigenvalue weighted by Crippen LogP contribution is 1.69. The Bertz CT molecular complexity index is 46.9. The van der Waals surface area contributed by atoms with Gasteiger partial charge in [0.2, 0.25) is 0 Å². The maximum absolute atomic E-state index is 4.39. The minimum Gasteiger partial charge on any atom is -0.151 e. The number of thiol groups is 1. The zero-order valence-electron chi connectivity index (χ0n) is 2.59. The summed E-state index contributed by atoms with van der Waals surface area (Å²) in [5.74, 6) is 0. The summed E-state index contributed by atoms with van der Waals surface area (Å²) in [6.07, 6.45) is 1.68. The van der Waals surface area contributed by atoms with Crippen LogP contribution in [-0.4, -0.2) is 5.37 Å². The summed E-state index contributed by atoms with van der Waals surface area (Å²) in [4.78, 5) is 0. The Hall–Kier alpha value is 0.180. The van der Waals surface area contributed by atoms with Gasteiger partial charge >= 0.3 is 0 Å². The van der Waals surface area contributed by atoms with E-state index in [0.717, 1.165) is 0 Å². The van der Waals surface area contributed by atoms with Gasteiger partial charge in [0.25, 0.3) is 0 Å². The van der Waals surface area contributed by atoms with Crippen molar-refractivity contribution in [3.8, 4) is 0 Å². The van der Waals surface area contributed by atoms with E-state index in [9.17, 15) is 0 Å². The molecule has 0 aliphatic rings. The molecule has 0 aliphatic heterocycles. The molecule has 0 aromatic heterocycles. The Morgan fingerprint density at radius 3 is 2.20 bits per heavy atom. The molecule has 0 spiro atoms. The smallest absolute Gasteiger partial charge is 0.00185 e. The molecule has 0 saturated heterocycles. The predicted molar refractivity (Wildman–Crippen MR) is 31.8 cm³/mol. The molecule has 0 rings (SSSR count). The number of thiocarbonyl (C=S) groups is 1. The molecule has 0 nitrogen and oxygen atoms in total. The van der Waals surface area contributed by atoms with Crippen LogP contribution in [0.1, 0.15) is 0 Å². The monoisotopic (exact) mass is 104 g/mol. The van der Waals surface area contributed by atoms with E-state index in [2.05, 4.69) is 24.8 Å². The molecule has 0 heterocycles. The number of rotatable bonds is 1. The topological polar surface area (TPSA) is 0 Å². The quantitative estimate of drug-likeness (QED) is 0.298. The van der Waals surface area contributed by atoms with Crippen LogP contribution in [0.15, 0.2) is 11.5 Å². The van der Waals surface area contributed by atoms with E-state index in [-0.39, 0.29) is 0 Å². The summed E-state index contributed by atoms with van der Waals surface area (Å²) in [5.41, 5.74) is 0. The molecule has 0 bridgehead atoms. The predicted octanol–water partition coefficient (Wildman–Crippen LogP) is 1.43. The van der Waals surface area contributed by atoms with Gasteiger partial charge in [-0.2, -0.15) is 12.6 Å². The van der Waals surface area contributed by atoms with Crippen molar-refractivity contribution in [2.75, 3.05) is 0 Å². The average molecular weight is 104 g/mol. The van der Waals surface area contributed by atoms with Gasteiger partial charge in [0, 0.05) is 5.37 Å². The van der Waals surface area contributed by atoms with Crippen LogP contribution in [0.5, 0.6) is 0 Å². The second-order valence-corrected chi connectivity index (χ2v) is 1.05. The zero-order valence-corrected chi connectivity index (χ0v) is 4.30. The molecule has 0 N–H and O–H groups in total. The van der Waals surface area contributed by atoms with Crippen molar-refractivity contribution in [1.29, 1.82) is 0 Å². The zero-order chi connectivity index (χ0) is 4.12. The average Bonchev–Trinajstić information content (AvgIpc) is 1.41. The van der Waals surface area contributed by atoms with E-state index in [1.165, 1.54) is 5.37 Å². The molecule has 0 unspecified atom stereocenters. The summed E-state index contributed by atoms with van der Waals surface area (Å²) in [6.45, 7) is 0. The van der Waals surface area contributed by atoms with Crippen LogP contribution in [0.3, 0.4) is 0 Å². The van der Waals surface area contributed by atoms with E-state index in [0.29, 0.717) is 0 Å². The van der Waals surface area contributed by atoms with Gasteiger partial charge in [0.15, 0.2) is 0 Å². The Morgan fingerprint density at radius 2 is 2.20 bits per heavy atom. The van der Waals surface area contributed by atoms with Crippen molar-refractivity contribution < 1.29 is 0 Å². The Labute approximate surface area is 42.3 Å². The molecule has 0 aliphatic carbocycles. The fourth-order valence-electron chi connectivity index (χ4n) is 0.0351. The first-order chi connectivity index (χ1) is 2.41. The van der Waals surface area contributed by atoms with Crippen LogP contribution in [-0.2, 0) is 0 Å². The van der Waals surface area contributed by atoms with Gasteiger partial charge in [0.05, 0.1) is 0 Å². The van der Waals surface area contributed by atoms with Gasteiger partial charge in [-0.1, -0.05) is 12.2 Å². The highest BCUT2D eigenvalue weighted by Gasteiger charge is 1.44. The van der Waals surface area contributed by atoms with E-state index < -0.39 is 0 Å².